The number of ether oxygens (including phenoxy) is 2. The minimum Gasteiger partial charge on any atom is -0.345 e. The Kier molecular flexibility index (Phi) is 9.84. The number of hydrogen-bond acceptors (Lipinski definition) is 3. The average Bonchev–Trinajstić information content (AvgIpc) is 2.57. The highest BCUT2D eigenvalue weighted by Crippen LogP contribution is 2.40. The van der Waals surface area contributed by atoms with Crippen LogP contribution >= 0.6 is 0 Å². The van der Waals surface area contributed by atoms with Gasteiger partial charge in [0.1, 0.15) is 0 Å². The Bertz CT molecular complexity index is 476. The Labute approximate surface area is 161 Å². The molecule has 1 unspecified atom stereocenters. The predicted octanol–water partition coefficient (Wildman–Crippen LogP) is 6.16. The van der Waals surface area contributed by atoms with Crippen LogP contribution in [0.2, 0.25) is 0 Å². The van der Waals surface area contributed by atoms with E-state index in [1.54, 1.807) is 0 Å². The van der Waals surface area contributed by atoms with E-state index in [-0.39, 0.29) is 12.2 Å². The summed E-state index contributed by atoms with van der Waals surface area (Å²) in [5, 5.41) is 0. The summed E-state index contributed by atoms with van der Waals surface area (Å²) in [5.74, 6) is -0.875. The van der Waals surface area contributed by atoms with Crippen LogP contribution in [0.25, 0.3) is 0 Å². The van der Waals surface area contributed by atoms with Crippen LogP contribution < -0.4 is 5.73 Å². The maximum absolute atomic E-state index is 7.09. The number of unbranched alkanes of at least 4 members (excludes halogenated alkanes) is 5. The predicted molar refractivity (Wildman–Crippen MR) is 111 cm³/mol. The first-order chi connectivity index (χ1) is 12.2. The summed E-state index contributed by atoms with van der Waals surface area (Å²) in [6, 6.07) is 10.3. The van der Waals surface area contributed by atoms with E-state index in [2.05, 4.69) is 19.1 Å². The second-order valence-electron chi connectivity index (χ2n) is 8.13. The van der Waals surface area contributed by atoms with Gasteiger partial charge in [-0.3, -0.25) is 0 Å². The summed E-state index contributed by atoms with van der Waals surface area (Å²) >= 11 is 0. The second-order valence-corrected chi connectivity index (χ2v) is 8.13. The van der Waals surface area contributed by atoms with Crippen LogP contribution in [-0.2, 0) is 15.0 Å². The molecule has 0 saturated heterocycles. The third kappa shape index (κ3) is 6.68. The molecule has 1 aromatic carbocycles. The fourth-order valence-corrected chi connectivity index (χ4v) is 3.69. The van der Waals surface area contributed by atoms with E-state index in [1.165, 1.54) is 32.1 Å². The zero-order valence-electron chi connectivity index (χ0n) is 17.9. The SMILES string of the molecule is CCCCCCCCC(N)(c1ccccc1)C(C)(OC(C)C)OC(C)C. The lowest BCUT2D eigenvalue weighted by Gasteiger charge is -2.47. The molecule has 1 aromatic rings. The number of benzene rings is 1. The lowest BCUT2D eigenvalue weighted by molar-refractivity contribution is -0.295. The molecule has 0 aromatic heterocycles. The van der Waals surface area contributed by atoms with Gasteiger partial charge in [-0.05, 0) is 46.6 Å². The molecule has 2 N–H and O–H groups in total. The first-order valence-corrected chi connectivity index (χ1v) is 10.4. The van der Waals surface area contributed by atoms with Crippen molar-refractivity contribution in [3.8, 4) is 0 Å². The Balaban J connectivity index is 3.04. The fraction of sp³-hybridized carbons (Fsp3) is 0.739. The van der Waals surface area contributed by atoms with Crippen LogP contribution in [-0.4, -0.2) is 18.0 Å². The molecule has 3 heteroatoms. The van der Waals surface area contributed by atoms with Crippen molar-refractivity contribution in [2.75, 3.05) is 0 Å². The van der Waals surface area contributed by atoms with Crippen molar-refractivity contribution in [3.63, 3.8) is 0 Å². The Hall–Kier alpha value is -0.900. The molecule has 0 saturated carbocycles. The van der Waals surface area contributed by atoms with E-state index in [1.807, 2.05) is 52.8 Å². The van der Waals surface area contributed by atoms with Gasteiger partial charge in [-0.25, -0.2) is 0 Å². The van der Waals surface area contributed by atoms with Crippen LogP contribution in [0.3, 0.4) is 0 Å². The molecule has 3 nitrogen and oxygen atoms in total. The Morgan fingerprint density at radius 2 is 1.35 bits per heavy atom. The standard InChI is InChI=1S/C23H41NO2/c1-7-8-9-10-11-15-18-23(24,21-16-13-12-14-17-21)22(6,25-19(2)3)26-20(4)5/h12-14,16-17,19-20H,7-11,15,18,24H2,1-6H3. The molecule has 0 radical (unpaired) electrons. The van der Waals surface area contributed by atoms with Crippen molar-refractivity contribution in [3.05, 3.63) is 35.9 Å². The minimum absolute atomic E-state index is 0.0370. The van der Waals surface area contributed by atoms with E-state index in [0.717, 1.165) is 18.4 Å². The molecule has 0 amide bonds. The fourth-order valence-electron chi connectivity index (χ4n) is 3.69. The first kappa shape index (κ1) is 23.1. The van der Waals surface area contributed by atoms with Crippen LogP contribution in [0.15, 0.2) is 30.3 Å². The lowest BCUT2D eigenvalue weighted by Crippen LogP contribution is -2.60. The van der Waals surface area contributed by atoms with Crippen molar-refractivity contribution in [2.45, 2.75) is 110 Å². The van der Waals surface area contributed by atoms with Crippen LogP contribution in [0.5, 0.6) is 0 Å². The largest absolute Gasteiger partial charge is 0.345 e. The maximum atomic E-state index is 7.09. The van der Waals surface area contributed by atoms with Gasteiger partial charge in [-0.15, -0.1) is 0 Å². The van der Waals surface area contributed by atoms with E-state index >= 15 is 0 Å². The zero-order chi connectivity index (χ0) is 19.6. The van der Waals surface area contributed by atoms with Gasteiger partial charge in [-0.2, -0.15) is 0 Å². The summed E-state index contributed by atoms with van der Waals surface area (Å²) in [4.78, 5) is 0. The Morgan fingerprint density at radius 3 is 1.85 bits per heavy atom. The number of nitrogens with two attached hydrogens (primary N) is 1. The van der Waals surface area contributed by atoms with Gasteiger partial charge in [0.2, 0.25) is 0 Å². The summed E-state index contributed by atoms with van der Waals surface area (Å²) < 4.78 is 12.6. The summed E-state index contributed by atoms with van der Waals surface area (Å²) in [5.41, 5.74) is 7.48. The quantitative estimate of drug-likeness (QED) is 0.337. The normalized spacial score (nSPS) is 14.8. The molecule has 0 spiro atoms. The van der Waals surface area contributed by atoms with Gasteiger partial charge in [0.05, 0.1) is 17.7 Å². The summed E-state index contributed by atoms with van der Waals surface area (Å²) in [6.45, 7) is 12.4. The molecule has 0 bridgehead atoms. The van der Waals surface area contributed by atoms with Crippen LogP contribution in [0.1, 0.15) is 92.1 Å². The van der Waals surface area contributed by atoms with Crippen molar-refractivity contribution in [1.29, 1.82) is 0 Å². The highest BCUT2D eigenvalue weighted by Gasteiger charge is 2.49. The lowest BCUT2D eigenvalue weighted by atomic mass is 9.78. The molecule has 0 fully saturated rings. The molecule has 0 aliphatic rings. The summed E-state index contributed by atoms with van der Waals surface area (Å²) in [7, 11) is 0. The van der Waals surface area contributed by atoms with Gasteiger partial charge in [0.15, 0.2) is 5.79 Å². The van der Waals surface area contributed by atoms with E-state index < -0.39 is 11.3 Å². The first-order valence-electron chi connectivity index (χ1n) is 10.4. The van der Waals surface area contributed by atoms with Gasteiger partial charge >= 0.3 is 0 Å². The molecule has 0 aliphatic carbocycles. The summed E-state index contributed by atoms with van der Waals surface area (Å²) in [6.07, 6.45) is 8.36. The molecule has 0 heterocycles. The number of hydrogen-bond donors (Lipinski definition) is 1. The topological polar surface area (TPSA) is 44.5 Å². The van der Waals surface area contributed by atoms with Crippen molar-refractivity contribution in [1.82, 2.24) is 0 Å². The highest BCUT2D eigenvalue weighted by atomic mass is 16.7. The molecule has 26 heavy (non-hydrogen) atoms. The van der Waals surface area contributed by atoms with Gasteiger partial charge < -0.3 is 15.2 Å². The minimum atomic E-state index is -0.875. The van der Waals surface area contributed by atoms with Crippen molar-refractivity contribution in [2.24, 2.45) is 5.73 Å². The van der Waals surface area contributed by atoms with Gasteiger partial charge in [0.25, 0.3) is 0 Å². The average molecular weight is 364 g/mol. The van der Waals surface area contributed by atoms with E-state index in [4.69, 9.17) is 15.2 Å². The van der Waals surface area contributed by atoms with E-state index in [0.29, 0.717) is 0 Å². The Morgan fingerprint density at radius 1 is 0.846 bits per heavy atom. The van der Waals surface area contributed by atoms with Gasteiger partial charge in [0, 0.05) is 0 Å². The zero-order valence-corrected chi connectivity index (χ0v) is 17.9. The number of rotatable bonds is 13. The molecule has 1 atom stereocenters. The molecular formula is C23H41NO2. The molecule has 0 aliphatic heterocycles. The van der Waals surface area contributed by atoms with Gasteiger partial charge in [-0.1, -0.05) is 75.8 Å². The third-order valence-electron chi connectivity index (χ3n) is 4.95. The maximum Gasteiger partial charge on any atom is 0.188 e. The van der Waals surface area contributed by atoms with Crippen LogP contribution in [0, 0.1) is 0 Å². The van der Waals surface area contributed by atoms with Crippen LogP contribution in [0.4, 0.5) is 0 Å². The molecular weight excluding hydrogens is 322 g/mol. The third-order valence-corrected chi connectivity index (χ3v) is 4.95. The monoisotopic (exact) mass is 363 g/mol. The molecule has 150 valence electrons. The smallest absolute Gasteiger partial charge is 0.188 e. The second kappa shape index (κ2) is 11.1. The van der Waals surface area contributed by atoms with Crippen molar-refractivity contribution >= 4 is 0 Å². The highest BCUT2D eigenvalue weighted by molar-refractivity contribution is 5.27. The molecule has 1 rings (SSSR count). The van der Waals surface area contributed by atoms with Crippen molar-refractivity contribution < 1.29 is 9.47 Å². The van der Waals surface area contributed by atoms with E-state index in [9.17, 15) is 0 Å².